The Morgan fingerprint density at radius 3 is 2.54 bits per heavy atom. The third-order valence-corrected chi connectivity index (χ3v) is 6.74. The largest absolute Gasteiger partial charge is 0.395 e. The van der Waals surface area contributed by atoms with E-state index in [0.717, 1.165) is 29.8 Å². The number of aromatic amines is 2. The van der Waals surface area contributed by atoms with Gasteiger partial charge >= 0.3 is 0 Å². The lowest BCUT2D eigenvalue weighted by Gasteiger charge is -2.22. The maximum atomic E-state index is 14.6. The van der Waals surface area contributed by atoms with Crippen LogP contribution in [0.25, 0.3) is 11.3 Å². The smallest absolute Gasteiger partial charge is 0.267 e. The first kappa shape index (κ1) is 24.6. The molecule has 1 aliphatic carbocycles. The first-order valence-corrected chi connectivity index (χ1v) is 12.2. The summed E-state index contributed by atoms with van der Waals surface area (Å²) in [5, 5.41) is 26.1. The van der Waals surface area contributed by atoms with E-state index in [9.17, 15) is 19.1 Å². The number of hydrogen-bond donors (Lipinski definition) is 4. The SMILES string of the molecule is CC(C)(CO)c1ccc(C(=O)Nc2cc(-c3cc(Cc4cc(C5CC5)n[nH]4)c(=O)[nH]n3)ccc2F)cc1. The quantitative estimate of drug-likeness (QED) is 0.287. The summed E-state index contributed by atoms with van der Waals surface area (Å²) in [7, 11) is 0. The van der Waals surface area contributed by atoms with Crippen LogP contribution in [0, 0.1) is 5.82 Å². The van der Waals surface area contributed by atoms with Crippen molar-refractivity contribution in [1.29, 1.82) is 0 Å². The lowest BCUT2D eigenvalue weighted by Crippen LogP contribution is -2.22. The predicted octanol–water partition coefficient (Wildman–Crippen LogP) is 4.29. The molecule has 0 atom stereocenters. The van der Waals surface area contributed by atoms with Crippen molar-refractivity contribution in [1.82, 2.24) is 20.4 Å². The van der Waals surface area contributed by atoms with Crippen LogP contribution in [0.4, 0.5) is 10.1 Å². The standard InChI is InChI=1S/C28H28FN5O3/c1-28(2,15-35)20-8-5-17(6-9-20)26(36)30-25-12-18(7-10-22(25)29)23-13-19(27(37)34-33-23)11-21-14-24(32-31-21)16-3-4-16/h5-10,12-14,16,35H,3-4,11,15H2,1-2H3,(H,30,36)(H,31,32)(H,34,37). The number of aliphatic hydroxyl groups excluding tert-OH is 1. The summed E-state index contributed by atoms with van der Waals surface area (Å²) < 4.78 is 14.6. The number of rotatable bonds is 8. The van der Waals surface area contributed by atoms with Crippen molar-refractivity contribution in [3.8, 4) is 11.3 Å². The number of carbonyl (C=O) groups excluding carboxylic acids is 1. The van der Waals surface area contributed by atoms with Gasteiger partial charge in [-0.3, -0.25) is 14.7 Å². The summed E-state index contributed by atoms with van der Waals surface area (Å²) >= 11 is 0. The Labute approximate surface area is 213 Å². The number of aliphatic hydroxyl groups is 1. The molecule has 4 N–H and O–H groups in total. The number of H-pyrrole nitrogens is 2. The van der Waals surface area contributed by atoms with Crippen LogP contribution in [-0.4, -0.2) is 38.0 Å². The van der Waals surface area contributed by atoms with Gasteiger partial charge in [-0.1, -0.05) is 26.0 Å². The second-order valence-corrected chi connectivity index (χ2v) is 10.1. The van der Waals surface area contributed by atoms with Gasteiger partial charge in [-0.15, -0.1) is 0 Å². The monoisotopic (exact) mass is 501 g/mol. The summed E-state index contributed by atoms with van der Waals surface area (Å²) in [4.78, 5) is 25.2. The minimum absolute atomic E-state index is 0.000502. The van der Waals surface area contributed by atoms with Gasteiger partial charge in [0.2, 0.25) is 0 Å². The fourth-order valence-electron chi connectivity index (χ4n) is 4.13. The molecule has 0 spiro atoms. The van der Waals surface area contributed by atoms with Gasteiger partial charge in [-0.2, -0.15) is 10.2 Å². The van der Waals surface area contributed by atoms with E-state index in [-0.39, 0.29) is 17.9 Å². The zero-order valence-corrected chi connectivity index (χ0v) is 20.6. The second kappa shape index (κ2) is 9.74. The van der Waals surface area contributed by atoms with E-state index in [4.69, 9.17) is 0 Å². The molecular formula is C28H28FN5O3. The minimum atomic E-state index is -0.593. The number of aromatic nitrogens is 4. The highest BCUT2D eigenvalue weighted by atomic mass is 19.1. The maximum absolute atomic E-state index is 14.6. The van der Waals surface area contributed by atoms with E-state index in [1.54, 1.807) is 36.4 Å². The number of benzene rings is 2. The zero-order valence-electron chi connectivity index (χ0n) is 20.6. The van der Waals surface area contributed by atoms with E-state index in [1.807, 2.05) is 19.9 Å². The van der Waals surface area contributed by atoms with Gasteiger partial charge in [0.15, 0.2) is 0 Å². The first-order chi connectivity index (χ1) is 17.7. The molecular weight excluding hydrogens is 473 g/mol. The molecule has 37 heavy (non-hydrogen) atoms. The number of anilines is 1. The Kier molecular flexibility index (Phi) is 6.47. The number of nitrogens with zero attached hydrogens (tertiary/aromatic N) is 2. The summed E-state index contributed by atoms with van der Waals surface area (Å²) in [6.45, 7) is 3.78. The normalized spacial score (nSPS) is 13.5. The summed E-state index contributed by atoms with van der Waals surface area (Å²) in [5.41, 5.74) is 3.84. The molecule has 1 fully saturated rings. The van der Waals surface area contributed by atoms with Crippen molar-refractivity contribution in [3.63, 3.8) is 0 Å². The van der Waals surface area contributed by atoms with Crippen LogP contribution in [0.15, 0.2) is 59.4 Å². The lowest BCUT2D eigenvalue weighted by atomic mass is 9.85. The molecule has 1 amide bonds. The van der Waals surface area contributed by atoms with E-state index in [2.05, 4.69) is 25.7 Å². The molecule has 0 aliphatic heterocycles. The highest BCUT2D eigenvalue weighted by Crippen LogP contribution is 2.39. The first-order valence-electron chi connectivity index (χ1n) is 12.2. The van der Waals surface area contributed by atoms with Crippen LogP contribution in [-0.2, 0) is 11.8 Å². The summed E-state index contributed by atoms with van der Waals surface area (Å²) in [6.07, 6.45) is 2.64. The predicted molar refractivity (Wildman–Crippen MR) is 138 cm³/mol. The molecule has 0 unspecified atom stereocenters. The van der Waals surface area contributed by atoms with Crippen LogP contribution in [0.2, 0.25) is 0 Å². The Morgan fingerprint density at radius 1 is 1.08 bits per heavy atom. The molecule has 2 aromatic heterocycles. The second-order valence-electron chi connectivity index (χ2n) is 10.1. The molecule has 5 rings (SSSR count). The van der Waals surface area contributed by atoms with Gasteiger partial charge in [0.05, 0.1) is 23.7 Å². The Morgan fingerprint density at radius 2 is 1.84 bits per heavy atom. The van der Waals surface area contributed by atoms with Crippen LogP contribution < -0.4 is 10.9 Å². The molecule has 0 saturated heterocycles. The van der Waals surface area contributed by atoms with Gasteiger partial charge in [0.1, 0.15) is 5.82 Å². The fraction of sp³-hybridized carbons (Fsp3) is 0.286. The van der Waals surface area contributed by atoms with E-state index < -0.39 is 17.1 Å². The topological polar surface area (TPSA) is 124 Å². The van der Waals surface area contributed by atoms with Crippen LogP contribution in [0.5, 0.6) is 0 Å². The van der Waals surface area contributed by atoms with Crippen molar-refractivity contribution < 1.29 is 14.3 Å². The summed E-state index contributed by atoms with van der Waals surface area (Å²) in [6, 6.07) is 14.8. The van der Waals surface area contributed by atoms with Gasteiger partial charge in [-0.25, -0.2) is 9.49 Å². The number of halogens is 1. The molecule has 9 heteroatoms. The van der Waals surface area contributed by atoms with Crippen molar-refractivity contribution in [3.05, 3.63) is 98.8 Å². The van der Waals surface area contributed by atoms with Crippen LogP contribution in [0.1, 0.15) is 65.5 Å². The molecule has 190 valence electrons. The molecule has 0 radical (unpaired) electrons. The van der Waals surface area contributed by atoms with E-state index in [0.29, 0.717) is 34.7 Å². The zero-order chi connectivity index (χ0) is 26.2. The maximum Gasteiger partial charge on any atom is 0.267 e. The molecule has 1 aliphatic rings. The number of nitrogens with one attached hydrogen (secondary N) is 3. The lowest BCUT2D eigenvalue weighted by molar-refractivity contribution is 0.102. The van der Waals surface area contributed by atoms with Gasteiger partial charge < -0.3 is 10.4 Å². The summed E-state index contributed by atoms with van der Waals surface area (Å²) in [5.74, 6) is -0.551. The van der Waals surface area contributed by atoms with Crippen molar-refractivity contribution in [2.24, 2.45) is 0 Å². The Hall–Kier alpha value is -4.11. The molecule has 8 nitrogen and oxygen atoms in total. The third kappa shape index (κ3) is 5.36. The average molecular weight is 502 g/mol. The minimum Gasteiger partial charge on any atom is -0.395 e. The van der Waals surface area contributed by atoms with Crippen molar-refractivity contribution in [2.75, 3.05) is 11.9 Å². The third-order valence-electron chi connectivity index (χ3n) is 6.74. The Bertz CT molecular complexity index is 1500. The molecule has 1 saturated carbocycles. The number of amides is 1. The molecule has 0 bridgehead atoms. The van der Waals surface area contributed by atoms with Gasteiger partial charge in [0, 0.05) is 40.1 Å². The highest BCUT2D eigenvalue weighted by molar-refractivity contribution is 6.04. The van der Waals surface area contributed by atoms with E-state index >= 15 is 0 Å². The molecule has 2 heterocycles. The van der Waals surface area contributed by atoms with Crippen LogP contribution >= 0.6 is 0 Å². The van der Waals surface area contributed by atoms with Crippen LogP contribution in [0.3, 0.4) is 0 Å². The fourth-order valence-corrected chi connectivity index (χ4v) is 4.13. The molecule has 4 aromatic rings. The molecule has 2 aromatic carbocycles. The van der Waals surface area contributed by atoms with Crippen molar-refractivity contribution in [2.45, 2.75) is 44.4 Å². The van der Waals surface area contributed by atoms with Crippen molar-refractivity contribution >= 4 is 11.6 Å². The highest BCUT2D eigenvalue weighted by Gasteiger charge is 2.26. The average Bonchev–Trinajstić information content (AvgIpc) is 3.65. The van der Waals surface area contributed by atoms with Gasteiger partial charge in [-0.05, 0) is 60.9 Å². The van der Waals surface area contributed by atoms with Gasteiger partial charge in [0.25, 0.3) is 11.5 Å². The number of hydrogen-bond acceptors (Lipinski definition) is 5. The number of carbonyl (C=O) groups is 1. The Balaban J connectivity index is 1.35. The van der Waals surface area contributed by atoms with E-state index in [1.165, 1.54) is 12.1 Å².